The summed E-state index contributed by atoms with van der Waals surface area (Å²) in [5.74, 6) is 0. The molecule has 1 saturated heterocycles. The minimum absolute atomic E-state index is 0.00237. The molecule has 4 rings (SSSR count). The molecule has 0 unspecified atom stereocenters. The van der Waals surface area contributed by atoms with Crippen molar-refractivity contribution in [1.29, 1.82) is 0 Å². The van der Waals surface area contributed by atoms with E-state index in [1.165, 1.54) is 0 Å². The summed E-state index contributed by atoms with van der Waals surface area (Å²) in [6.07, 6.45) is 3.76. The number of nitrogens with zero attached hydrogens (tertiary/aromatic N) is 2. The number of hydrogen-bond acceptors (Lipinski definition) is 2. The Kier molecular flexibility index (Phi) is 3.55. The predicted octanol–water partition coefficient (Wildman–Crippen LogP) is 3.59. The summed E-state index contributed by atoms with van der Waals surface area (Å²) in [4.78, 5) is 10.0. The summed E-state index contributed by atoms with van der Waals surface area (Å²) in [5.41, 5.74) is 3.16. The average Bonchev–Trinajstić information content (AvgIpc) is 3.24. The maximum absolute atomic E-state index is 5.62. The Balaban J connectivity index is 1.81. The van der Waals surface area contributed by atoms with Crippen molar-refractivity contribution in [2.75, 3.05) is 4.90 Å². The first kappa shape index (κ1) is 14.0. The molecule has 2 N–H and O–H groups in total. The van der Waals surface area contributed by atoms with E-state index in [4.69, 9.17) is 12.2 Å². The first-order valence-electron chi connectivity index (χ1n) is 7.53. The van der Waals surface area contributed by atoms with Gasteiger partial charge in [0.25, 0.3) is 0 Å². The largest absolute Gasteiger partial charge is 0.363 e. The first-order valence-corrected chi connectivity index (χ1v) is 7.94. The van der Waals surface area contributed by atoms with Crippen LogP contribution in [0, 0.1) is 0 Å². The first-order chi connectivity index (χ1) is 11.3. The fourth-order valence-electron chi connectivity index (χ4n) is 3.07. The molecule has 2 aromatic heterocycles. The number of H-pyrrole nitrogens is 1. The molecule has 0 spiro atoms. The summed E-state index contributed by atoms with van der Waals surface area (Å²) >= 11 is 5.62. The summed E-state index contributed by atoms with van der Waals surface area (Å²) in [6.45, 7) is 0. The van der Waals surface area contributed by atoms with Crippen LogP contribution in [0.5, 0.6) is 0 Å². The van der Waals surface area contributed by atoms with Crippen molar-refractivity contribution >= 4 is 23.0 Å². The van der Waals surface area contributed by atoms with Crippen LogP contribution in [-0.4, -0.2) is 15.1 Å². The minimum Gasteiger partial charge on any atom is -0.363 e. The normalized spacial score (nSPS) is 20.5. The molecule has 0 bridgehead atoms. The number of nitrogens with one attached hydrogen (secondary N) is 2. The van der Waals surface area contributed by atoms with Gasteiger partial charge < -0.3 is 15.2 Å². The number of thiocarbonyl (C=S) groups is 1. The number of para-hydroxylation sites is 1. The molecule has 4 nitrogen and oxygen atoms in total. The highest BCUT2D eigenvalue weighted by atomic mass is 32.1. The Morgan fingerprint density at radius 3 is 2.48 bits per heavy atom. The second kappa shape index (κ2) is 5.85. The number of hydrogen-bond donors (Lipinski definition) is 2. The van der Waals surface area contributed by atoms with Gasteiger partial charge in [0.2, 0.25) is 0 Å². The highest BCUT2D eigenvalue weighted by Gasteiger charge is 2.41. The maximum Gasteiger partial charge on any atom is 0.174 e. The lowest BCUT2D eigenvalue weighted by atomic mass is 10.0. The van der Waals surface area contributed by atoms with E-state index in [2.05, 4.69) is 38.4 Å². The van der Waals surface area contributed by atoms with Gasteiger partial charge in [0.1, 0.15) is 6.04 Å². The zero-order valence-electron chi connectivity index (χ0n) is 12.4. The number of aromatic amines is 1. The van der Waals surface area contributed by atoms with Crippen molar-refractivity contribution in [3.63, 3.8) is 0 Å². The molecule has 0 amide bonds. The molecule has 0 aliphatic carbocycles. The van der Waals surface area contributed by atoms with Crippen LogP contribution in [0.3, 0.4) is 0 Å². The Morgan fingerprint density at radius 1 is 0.957 bits per heavy atom. The summed E-state index contributed by atoms with van der Waals surface area (Å²) in [7, 11) is 0. The fourth-order valence-corrected chi connectivity index (χ4v) is 3.41. The van der Waals surface area contributed by atoms with Gasteiger partial charge in [-0.05, 0) is 48.6 Å². The van der Waals surface area contributed by atoms with Gasteiger partial charge in [-0.2, -0.15) is 0 Å². The van der Waals surface area contributed by atoms with Crippen molar-refractivity contribution in [3.05, 3.63) is 84.4 Å². The van der Waals surface area contributed by atoms with Crippen molar-refractivity contribution in [1.82, 2.24) is 15.3 Å². The number of benzene rings is 1. The van der Waals surface area contributed by atoms with Gasteiger partial charge in [0.05, 0.1) is 11.7 Å². The smallest absolute Gasteiger partial charge is 0.174 e. The van der Waals surface area contributed by atoms with Crippen LogP contribution < -0.4 is 10.2 Å². The fraction of sp³-hybridized carbons (Fsp3) is 0.111. The molecule has 5 heteroatoms. The Bertz CT molecular complexity index is 786. The van der Waals surface area contributed by atoms with Crippen molar-refractivity contribution in [3.8, 4) is 0 Å². The molecule has 1 aromatic carbocycles. The quantitative estimate of drug-likeness (QED) is 0.724. The van der Waals surface area contributed by atoms with Crippen LogP contribution in [-0.2, 0) is 0 Å². The predicted molar refractivity (Wildman–Crippen MR) is 95.2 cm³/mol. The molecule has 2 atom stereocenters. The molecular formula is C18H16N4S. The molecule has 114 valence electrons. The van der Waals surface area contributed by atoms with Crippen LogP contribution in [0.1, 0.15) is 23.5 Å². The summed E-state index contributed by atoms with van der Waals surface area (Å²) in [5, 5.41) is 4.15. The van der Waals surface area contributed by atoms with E-state index in [0.717, 1.165) is 17.1 Å². The molecule has 23 heavy (non-hydrogen) atoms. The Hall–Kier alpha value is -2.66. The van der Waals surface area contributed by atoms with Gasteiger partial charge in [0.15, 0.2) is 5.11 Å². The highest BCUT2D eigenvalue weighted by molar-refractivity contribution is 7.80. The third-order valence-corrected chi connectivity index (χ3v) is 4.39. The Morgan fingerprint density at radius 2 is 1.78 bits per heavy atom. The molecule has 3 heterocycles. The van der Waals surface area contributed by atoms with Gasteiger partial charge in [-0.3, -0.25) is 4.98 Å². The summed E-state index contributed by atoms with van der Waals surface area (Å²) < 4.78 is 0. The highest BCUT2D eigenvalue weighted by Crippen LogP contribution is 2.40. The molecule has 1 fully saturated rings. The number of rotatable bonds is 3. The number of anilines is 1. The van der Waals surface area contributed by atoms with E-state index >= 15 is 0 Å². The van der Waals surface area contributed by atoms with Crippen LogP contribution in [0.2, 0.25) is 0 Å². The molecule has 3 aromatic rings. The second-order valence-corrected chi connectivity index (χ2v) is 5.84. The van der Waals surface area contributed by atoms with E-state index in [9.17, 15) is 0 Å². The van der Waals surface area contributed by atoms with Gasteiger partial charge >= 0.3 is 0 Å². The molecule has 0 radical (unpaired) electrons. The van der Waals surface area contributed by atoms with E-state index in [-0.39, 0.29) is 12.1 Å². The van der Waals surface area contributed by atoms with E-state index in [1.54, 1.807) is 0 Å². The molecule has 1 aliphatic heterocycles. The van der Waals surface area contributed by atoms with E-state index in [1.807, 2.05) is 54.9 Å². The van der Waals surface area contributed by atoms with Gasteiger partial charge in [0, 0.05) is 23.8 Å². The van der Waals surface area contributed by atoms with Gasteiger partial charge in [-0.1, -0.05) is 24.3 Å². The van der Waals surface area contributed by atoms with Crippen molar-refractivity contribution < 1.29 is 0 Å². The number of pyridine rings is 1. The third kappa shape index (κ3) is 2.49. The number of aromatic nitrogens is 2. The van der Waals surface area contributed by atoms with E-state index < -0.39 is 0 Å². The van der Waals surface area contributed by atoms with E-state index in [0.29, 0.717) is 5.11 Å². The van der Waals surface area contributed by atoms with Crippen molar-refractivity contribution in [2.45, 2.75) is 12.1 Å². The summed E-state index contributed by atoms with van der Waals surface area (Å²) in [6, 6.07) is 20.3. The SMILES string of the molecule is S=C1N[C@@H](c2ccccn2)[C@H](c2ccc[nH]2)N1c1ccccc1. The lowest BCUT2D eigenvalue weighted by Gasteiger charge is -2.26. The lowest BCUT2D eigenvalue weighted by Crippen LogP contribution is -2.29. The van der Waals surface area contributed by atoms with Crippen LogP contribution in [0.4, 0.5) is 5.69 Å². The van der Waals surface area contributed by atoms with Crippen LogP contribution >= 0.6 is 12.2 Å². The van der Waals surface area contributed by atoms with Gasteiger partial charge in [-0.15, -0.1) is 0 Å². The van der Waals surface area contributed by atoms with Gasteiger partial charge in [-0.25, -0.2) is 0 Å². The lowest BCUT2D eigenvalue weighted by molar-refractivity contribution is 0.558. The topological polar surface area (TPSA) is 44.0 Å². The molecular weight excluding hydrogens is 304 g/mol. The van der Waals surface area contributed by atoms with Crippen molar-refractivity contribution in [2.24, 2.45) is 0 Å². The monoisotopic (exact) mass is 320 g/mol. The second-order valence-electron chi connectivity index (χ2n) is 5.46. The third-order valence-electron chi connectivity index (χ3n) is 4.07. The van der Waals surface area contributed by atoms with Crippen LogP contribution in [0.15, 0.2) is 73.1 Å². The minimum atomic E-state index is 0.00237. The Labute approximate surface area is 140 Å². The van der Waals surface area contributed by atoms with Crippen LogP contribution in [0.25, 0.3) is 0 Å². The average molecular weight is 320 g/mol. The zero-order chi connectivity index (χ0) is 15.6. The zero-order valence-corrected chi connectivity index (χ0v) is 13.2. The standard InChI is InChI=1S/C18H16N4S/c23-18-21-16(14-9-4-5-11-19-14)17(15-10-6-12-20-15)22(18)13-7-2-1-3-8-13/h1-12,16-17,20H,(H,21,23)/t16-,17-/m0/s1. The maximum atomic E-state index is 5.62. The molecule has 1 aliphatic rings. The molecule has 0 saturated carbocycles.